The minimum absolute atomic E-state index is 0.0527. The fourth-order valence-electron chi connectivity index (χ4n) is 1.85. The number of hydrogen-bond donors (Lipinski definition) is 2. The number of carbonyl (C=O) groups excluding carboxylic acids is 2. The van der Waals surface area contributed by atoms with Crippen LogP contribution >= 0.6 is 0 Å². The average molecular weight is 283 g/mol. The Hall–Kier alpha value is -2.09. The lowest BCUT2D eigenvalue weighted by Crippen LogP contribution is -2.33. The maximum atomic E-state index is 12.1. The molecule has 19 heavy (non-hydrogen) atoms. The molecule has 0 aliphatic carbocycles. The topological polar surface area (TPSA) is 110 Å². The number of anilines is 1. The van der Waals surface area contributed by atoms with Crippen LogP contribution in [0.2, 0.25) is 0 Å². The Labute approximate surface area is 110 Å². The van der Waals surface area contributed by atoms with Gasteiger partial charge in [0, 0.05) is 25.7 Å². The minimum atomic E-state index is -3.87. The van der Waals surface area contributed by atoms with Gasteiger partial charge in [-0.1, -0.05) is 0 Å². The van der Waals surface area contributed by atoms with Crippen molar-refractivity contribution in [3.63, 3.8) is 0 Å². The number of amides is 2. The highest BCUT2D eigenvalue weighted by atomic mass is 32.2. The van der Waals surface area contributed by atoms with E-state index in [1.165, 1.54) is 25.2 Å². The number of nitrogens with zero attached hydrogens (tertiary/aromatic N) is 1. The Balaban J connectivity index is 2.35. The number of hydrogen-bond acceptors (Lipinski definition) is 5. The van der Waals surface area contributed by atoms with E-state index in [9.17, 15) is 18.0 Å². The second-order valence-electron chi connectivity index (χ2n) is 4.06. The zero-order valence-electron chi connectivity index (χ0n) is 10.2. The fourth-order valence-corrected chi connectivity index (χ4v) is 3.40. The molecule has 0 fully saturated rings. The maximum absolute atomic E-state index is 12.1. The molecule has 0 bridgehead atoms. The van der Waals surface area contributed by atoms with Crippen molar-refractivity contribution in [3.05, 3.63) is 23.8 Å². The summed E-state index contributed by atoms with van der Waals surface area (Å²) in [4.78, 5) is 23.1. The third-order valence-electron chi connectivity index (χ3n) is 2.85. The lowest BCUT2D eigenvalue weighted by Gasteiger charge is -2.14. The van der Waals surface area contributed by atoms with E-state index in [1.54, 1.807) is 0 Å². The molecule has 8 heteroatoms. The monoisotopic (exact) mass is 283 g/mol. The van der Waals surface area contributed by atoms with Crippen molar-refractivity contribution in [2.24, 2.45) is 0 Å². The molecule has 0 spiro atoms. The Bertz CT molecular complexity index is 654. The maximum Gasteiger partial charge on any atom is 0.269 e. The van der Waals surface area contributed by atoms with Crippen LogP contribution in [-0.2, 0) is 14.8 Å². The number of sulfonamides is 1. The van der Waals surface area contributed by atoms with Crippen LogP contribution in [-0.4, -0.2) is 38.1 Å². The number of benzene rings is 1. The molecule has 1 aromatic carbocycles. The molecule has 2 rings (SSSR count). The van der Waals surface area contributed by atoms with Crippen molar-refractivity contribution in [2.75, 3.05) is 19.3 Å². The quantitative estimate of drug-likeness (QED) is 0.730. The van der Waals surface area contributed by atoms with Gasteiger partial charge in [-0.15, -0.1) is 0 Å². The second-order valence-corrected chi connectivity index (χ2v) is 5.89. The van der Waals surface area contributed by atoms with E-state index in [0.29, 0.717) is 9.99 Å². The number of nitrogen functional groups attached to an aromatic ring is 1. The van der Waals surface area contributed by atoms with Crippen molar-refractivity contribution in [1.29, 1.82) is 0 Å². The van der Waals surface area contributed by atoms with Crippen LogP contribution in [0, 0.1) is 0 Å². The summed E-state index contributed by atoms with van der Waals surface area (Å²) in [6.45, 7) is -0.185. The van der Waals surface area contributed by atoms with E-state index in [2.05, 4.69) is 5.32 Å². The SMILES string of the molecule is CNC(=O)CCN1C(=O)c2cc(N)ccc2S1(=O)=O. The molecule has 0 radical (unpaired) electrons. The van der Waals surface area contributed by atoms with Crippen LogP contribution in [0.5, 0.6) is 0 Å². The summed E-state index contributed by atoms with van der Waals surface area (Å²) in [5.74, 6) is -0.982. The minimum Gasteiger partial charge on any atom is -0.399 e. The molecule has 1 heterocycles. The zero-order valence-corrected chi connectivity index (χ0v) is 11.0. The molecule has 0 aromatic heterocycles. The van der Waals surface area contributed by atoms with Gasteiger partial charge in [-0.25, -0.2) is 12.7 Å². The van der Waals surface area contributed by atoms with Crippen LogP contribution in [0.1, 0.15) is 16.8 Å². The summed E-state index contributed by atoms with van der Waals surface area (Å²) in [7, 11) is -2.43. The molecule has 0 saturated carbocycles. The van der Waals surface area contributed by atoms with Crippen molar-refractivity contribution in [3.8, 4) is 0 Å². The summed E-state index contributed by atoms with van der Waals surface area (Å²) >= 11 is 0. The Morgan fingerprint density at radius 1 is 1.42 bits per heavy atom. The van der Waals surface area contributed by atoms with Gasteiger partial charge in [-0.3, -0.25) is 9.59 Å². The smallest absolute Gasteiger partial charge is 0.269 e. The van der Waals surface area contributed by atoms with E-state index in [0.717, 1.165) is 0 Å². The van der Waals surface area contributed by atoms with E-state index in [-0.39, 0.29) is 29.3 Å². The third kappa shape index (κ3) is 2.14. The molecular weight excluding hydrogens is 270 g/mol. The standard InChI is InChI=1S/C11H13N3O4S/c1-13-10(15)4-5-14-11(16)8-6-7(12)2-3-9(8)19(14,17)18/h2-3,6H,4-5,12H2,1H3,(H,13,15). The first-order valence-electron chi connectivity index (χ1n) is 5.55. The van der Waals surface area contributed by atoms with Gasteiger partial charge in [0.2, 0.25) is 5.91 Å². The highest BCUT2D eigenvalue weighted by molar-refractivity contribution is 7.90. The number of carbonyl (C=O) groups is 2. The number of nitrogens with two attached hydrogens (primary N) is 1. The third-order valence-corrected chi connectivity index (χ3v) is 4.69. The molecule has 2 amide bonds. The van der Waals surface area contributed by atoms with Crippen LogP contribution in [0.25, 0.3) is 0 Å². The van der Waals surface area contributed by atoms with Crippen molar-refractivity contribution < 1.29 is 18.0 Å². The number of fused-ring (bicyclic) bond motifs is 1. The largest absolute Gasteiger partial charge is 0.399 e. The summed E-state index contributed by atoms with van der Waals surface area (Å²) < 4.78 is 25.0. The van der Waals surface area contributed by atoms with Crippen LogP contribution in [0.3, 0.4) is 0 Å². The van der Waals surface area contributed by atoms with Crippen molar-refractivity contribution in [1.82, 2.24) is 9.62 Å². The molecule has 0 saturated heterocycles. The lowest BCUT2D eigenvalue weighted by molar-refractivity contribution is -0.120. The first-order chi connectivity index (χ1) is 8.87. The molecule has 102 valence electrons. The Morgan fingerprint density at radius 3 is 2.74 bits per heavy atom. The van der Waals surface area contributed by atoms with Gasteiger partial charge < -0.3 is 11.1 Å². The van der Waals surface area contributed by atoms with Gasteiger partial charge in [0.05, 0.1) is 5.56 Å². The van der Waals surface area contributed by atoms with Crippen LogP contribution in [0.4, 0.5) is 5.69 Å². The first kappa shape index (κ1) is 13.3. The lowest BCUT2D eigenvalue weighted by atomic mass is 10.2. The van der Waals surface area contributed by atoms with E-state index < -0.39 is 15.9 Å². The number of rotatable bonds is 3. The van der Waals surface area contributed by atoms with E-state index in [1.807, 2.05) is 0 Å². The molecule has 0 atom stereocenters. The molecule has 0 unspecified atom stereocenters. The van der Waals surface area contributed by atoms with Gasteiger partial charge in [0.25, 0.3) is 15.9 Å². The number of nitrogens with one attached hydrogen (secondary N) is 1. The predicted octanol–water partition coefficient (Wildman–Crippen LogP) is -0.451. The van der Waals surface area contributed by atoms with Gasteiger partial charge in [0.1, 0.15) is 4.90 Å². The van der Waals surface area contributed by atoms with Gasteiger partial charge in [-0.05, 0) is 18.2 Å². The summed E-state index contributed by atoms with van der Waals surface area (Å²) in [5.41, 5.74) is 5.91. The van der Waals surface area contributed by atoms with E-state index in [4.69, 9.17) is 5.73 Å². The molecular formula is C11H13N3O4S. The normalized spacial score (nSPS) is 16.3. The summed E-state index contributed by atoms with van der Waals surface area (Å²) in [6.07, 6.45) is -0.0784. The van der Waals surface area contributed by atoms with Crippen molar-refractivity contribution >= 4 is 27.5 Å². The van der Waals surface area contributed by atoms with Gasteiger partial charge in [-0.2, -0.15) is 0 Å². The van der Waals surface area contributed by atoms with Crippen LogP contribution < -0.4 is 11.1 Å². The molecule has 1 aromatic rings. The summed E-state index contributed by atoms with van der Waals surface area (Å²) in [6, 6.07) is 4.05. The van der Waals surface area contributed by atoms with Crippen LogP contribution in [0.15, 0.2) is 23.1 Å². The van der Waals surface area contributed by atoms with Crippen molar-refractivity contribution in [2.45, 2.75) is 11.3 Å². The zero-order chi connectivity index (χ0) is 14.2. The molecule has 1 aliphatic heterocycles. The highest BCUT2D eigenvalue weighted by Gasteiger charge is 2.40. The van der Waals surface area contributed by atoms with Gasteiger partial charge in [0.15, 0.2) is 0 Å². The van der Waals surface area contributed by atoms with E-state index >= 15 is 0 Å². The average Bonchev–Trinajstić information content (AvgIpc) is 2.54. The van der Waals surface area contributed by atoms with Gasteiger partial charge >= 0.3 is 0 Å². The fraction of sp³-hybridized carbons (Fsp3) is 0.273. The second kappa shape index (κ2) is 4.54. The molecule has 3 N–H and O–H groups in total. The Morgan fingerprint density at radius 2 is 2.11 bits per heavy atom. The Kier molecular flexibility index (Phi) is 3.19. The first-order valence-corrected chi connectivity index (χ1v) is 6.99. The predicted molar refractivity (Wildman–Crippen MR) is 67.8 cm³/mol. The highest BCUT2D eigenvalue weighted by Crippen LogP contribution is 2.31. The summed E-state index contributed by atoms with van der Waals surface area (Å²) in [5, 5.41) is 2.37. The molecule has 1 aliphatic rings. The molecule has 7 nitrogen and oxygen atoms in total.